The molecule has 0 atom stereocenters. The second-order valence-corrected chi connectivity index (χ2v) is 6.20. The van der Waals surface area contributed by atoms with E-state index in [1.165, 1.54) is 5.56 Å². The first-order valence-electron chi connectivity index (χ1n) is 7.52. The van der Waals surface area contributed by atoms with Gasteiger partial charge in [-0.25, -0.2) is 4.79 Å². The van der Waals surface area contributed by atoms with Gasteiger partial charge in [0.15, 0.2) is 11.5 Å². The molecule has 0 spiro atoms. The number of likely N-dealkylation sites (tertiary alicyclic amines) is 1. The molecule has 2 aliphatic heterocycles. The van der Waals surface area contributed by atoms with Gasteiger partial charge in [-0.05, 0) is 26.3 Å². The molecule has 0 aliphatic carbocycles. The van der Waals surface area contributed by atoms with Gasteiger partial charge in [0.1, 0.15) is 12.2 Å². The summed E-state index contributed by atoms with van der Waals surface area (Å²) in [4.78, 5) is 13.4. The average molecular weight is 290 g/mol. The molecule has 5 nitrogen and oxygen atoms in total. The van der Waals surface area contributed by atoms with Crippen molar-refractivity contribution < 1.29 is 14.3 Å². The van der Waals surface area contributed by atoms with E-state index in [9.17, 15) is 4.79 Å². The predicted molar refractivity (Wildman–Crippen MR) is 79.9 cm³/mol. The summed E-state index contributed by atoms with van der Waals surface area (Å²) in [7, 11) is 0. The Bertz CT molecular complexity index is 538. The van der Waals surface area contributed by atoms with Crippen LogP contribution in [-0.4, -0.2) is 42.8 Å². The van der Waals surface area contributed by atoms with Gasteiger partial charge in [0, 0.05) is 25.1 Å². The molecule has 1 aromatic rings. The van der Waals surface area contributed by atoms with E-state index in [1.54, 1.807) is 4.90 Å². The molecule has 2 aliphatic rings. The number of para-hydroxylation sites is 1. The van der Waals surface area contributed by atoms with Gasteiger partial charge in [-0.2, -0.15) is 0 Å². The van der Waals surface area contributed by atoms with Crippen LogP contribution in [0.25, 0.3) is 0 Å². The van der Waals surface area contributed by atoms with Crippen LogP contribution in [0.15, 0.2) is 18.2 Å². The molecule has 2 amide bonds. The predicted octanol–water partition coefficient (Wildman–Crippen LogP) is 2.19. The number of rotatable bonds is 4. The fourth-order valence-electron chi connectivity index (χ4n) is 2.65. The summed E-state index contributed by atoms with van der Waals surface area (Å²) in [6.45, 7) is 6.82. The van der Waals surface area contributed by atoms with E-state index >= 15 is 0 Å². The minimum Gasteiger partial charge on any atom is -0.488 e. The van der Waals surface area contributed by atoms with Gasteiger partial charge in [-0.15, -0.1) is 0 Å². The van der Waals surface area contributed by atoms with E-state index in [1.807, 2.05) is 12.1 Å². The fourth-order valence-corrected chi connectivity index (χ4v) is 2.65. The van der Waals surface area contributed by atoms with E-state index < -0.39 is 0 Å². The van der Waals surface area contributed by atoms with Crippen LogP contribution in [-0.2, 0) is 6.42 Å². The molecule has 0 bridgehead atoms. The van der Waals surface area contributed by atoms with Crippen molar-refractivity contribution in [2.75, 3.05) is 26.2 Å². The van der Waals surface area contributed by atoms with E-state index in [0.717, 1.165) is 37.4 Å². The number of carbonyl (C=O) groups excluding carboxylic acids is 1. The maximum Gasteiger partial charge on any atom is 0.317 e. The Kier molecular flexibility index (Phi) is 3.66. The number of nitrogens with one attached hydrogen (secondary N) is 1. The Morgan fingerprint density at radius 1 is 1.43 bits per heavy atom. The standard InChI is InChI=1S/C16H22N2O3/c1-16(2)11-12-5-3-6-13(14(12)21-16)20-10-7-17-15(19)18-8-4-9-18/h3,5-6H,4,7-11H2,1-2H3,(H,17,19). The Balaban J connectivity index is 1.50. The number of hydrogen-bond donors (Lipinski definition) is 1. The summed E-state index contributed by atoms with van der Waals surface area (Å²) >= 11 is 0. The molecule has 21 heavy (non-hydrogen) atoms. The van der Waals surface area contributed by atoms with Gasteiger partial charge in [-0.3, -0.25) is 0 Å². The lowest BCUT2D eigenvalue weighted by Gasteiger charge is -2.30. The minimum absolute atomic E-state index is 0.000485. The molecule has 0 saturated carbocycles. The van der Waals surface area contributed by atoms with Crippen LogP contribution in [0.4, 0.5) is 4.79 Å². The summed E-state index contributed by atoms with van der Waals surface area (Å²) in [5, 5.41) is 2.86. The first-order chi connectivity index (χ1) is 10.1. The number of carbonyl (C=O) groups is 1. The van der Waals surface area contributed by atoms with Crippen LogP contribution < -0.4 is 14.8 Å². The summed E-state index contributed by atoms with van der Waals surface area (Å²) in [6, 6.07) is 5.97. The maximum atomic E-state index is 11.6. The summed E-state index contributed by atoms with van der Waals surface area (Å²) in [5.41, 5.74) is 1.01. The van der Waals surface area contributed by atoms with Crippen molar-refractivity contribution in [3.63, 3.8) is 0 Å². The molecule has 1 saturated heterocycles. The first-order valence-corrected chi connectivity index (χ1v) is 7.52. The van der Waals surface area contributed by atoms with E-state index in [4.69, 9.17) is 9.47 Å². The molecule has 3 rings (SSSR count). The van der Waals surface area contributed by atoms with Gasteiger partial charge in [0.25, 0.3) is 0 Å². The molecule has 1 N–H and O–H groups in total. The van der Waals surface area contributed by atoms with Crippen molar-refractivity contribution >= 4 is 6.03 Å². The Hall–Kier alpha value is -1.91. The highest BCUT2D eigenvalue weighted by atomic mass is 16.5. The molecule has 0 unspecified atom stereocenters. The number of nitrogens with zero attached hydrogens (tertiary/aromatic N) is 1. The number of amides is 2. The van der Waals surface area contributed by atoms with Crippen molar-refractivity contribution in [3.05, 3.63) is 23.8 Å². The zero-order chi connectivity index (χ0) is 14.9. The number of benzene rings is 1. The number of hydrogen-bond acceptors (Lipinski definition) is 3. The highest BCUT2D eigenvalue weighted by molar-refractivity contribution is 5.74. The van der Waals surface area contributed by atoms with E-state index in [0.29, 0.717) is 13.2 Å². The van der Waals surface area contributed by atoms with Crippen LogP contribution in [0.2, 0.25) is 0 Å². The topological polar surface area (TPSA) is 50.8 Å². The highest BCUT2D eigenvalue weighted by Crippen LogP contribution is 2.41. The summed E-state index contributed by atoms with van der Waals surface area (Å²) in [6.07, 6.45) is 2.00. The molecule has 0 radical (unpaired) electrons. The molecule has 1 fully saturated rings. The van der Waals surface area contributed by atoms with Gasteiger partial charge in [-0.1, -0.05) is 12.1 Å². The molecule has 5 heteroatoms. The lowest BCUT2D eigenvalue weighted by molar-refractivity contribution is 0.132. The maximum absolute atomic E-state index is 11.6. The number of urea groups is 1. The van der Waals surface area contributed by atoms with Crippen molar-refractivity contribution in [3.8, 4) is 11.5 Å². The second kappa shape index (κ2) is 5.47. The summed E-state index contributed by atoms with van der Waals surface area (Å²) in [5.74, 6) is 1.60. The molecular formula is C16H22N2O3. The lowest BCUT2D eigenvalue weighted by Crippen LogP contribution is -2.48. The van der Waals surface area contributed by atoms with Gasteiger partial charge >= 0.3 is 6.03 Å². The Labute approximate surface area is 125 Å². The Morgan fingerprint density at radius 2 is 2.24 bits per heavy atom. The quantitative estimate of drug-likeness (QED) is 0.865. The minimum atomic E-state index is -0.173. The van der Waals surface area contributed by atoms with Crippen LogP contribution in [0.5, 0.6) is 11.5 Å². The smallest absolute Gasteiger partial charge is 0.317 e. The van der Waals surface area contributed by atoms with Crippen LogP contribution in [0.3, 0.4) is 0 Å². The van der Waals surface area contributed by atoms with E-state index in [-0.39, 0.29) is 11.6 Å². The zero-order valence-corrected chi connectivity index (χ0v) is 12.6. The van der Waals surface area contributed by atoms with Gasteiger partial charge < -0.3 is 19.7 Å². The van der Waals surface area contributed by atoms with E-state index in [2.05, 4.69) is 25.2 Å². The van der Waals surface area contributed by atoms with Crippen molar-refractivity contribution in [2.24, 2.45) is 0 Å². The normalized spacial score (nSPS) is 18.5. The zero-order valence-electron chi connectivity index (χ0n) is 12.6. The average Bonchev–Trinajstić information content (AvgIpc) is 2.67. The number of ether oxygens (including phenoxy) is 2. The van der Waals surface area contributed by atoms with Crippen molar-refractivity contribution in [1.29, 1.82) is 0 Å². The third kappa shape index (κ3) is 3.06. The largest absolute Gasteiger partial charge is 0.488 e. The first kappa shape index (κ1) is 14.0. The highest BCUT2D eigenvalue weighted by Gasteiger charge is 2.32. The second-order valence-electron chi connectivity index (χ2n) is 6.20. The Morgan fingerprint density at radius 3 is 2.95 bits per heavy atom. The number of fused-ring (bicyclic) bond motifs is 1. The van der Waals surface area contributed by atoms with Gasteiger partial charge in [0.05, 0.1) is 6.54 Å². The molecular weight excluding hydrogens is 268 g/mol. The molecule has 1 aromatic carbocycles. The monoisotopic (exact) mass is 290 g/mol. The third-order valence-corrected chi connectivity index (χ3v) is 3.83. The SMILES string of the molecule is CC1(C)Cc2cccc(OCCNC(=O)N3CCC3)c2O1. The lowest BCUT2D eigenvalue weighted by atomic mass is 10.0. The summed E-state index contributed by atoms with van der Waals surface area (Å²) < 4.78 is 11.7. The molecule has 2 heterocycles. The van der Waals surface area contributed by atoms with Crippen LogP contribution in [0.1, 0.15) is 25.8 Å². The molecule has 114 valence electrons. The van der Waals surface area contributed by atoms with Crippen LogP contribution in [0, 0.1) is 0 Å². The van der Waals surface area contributed by atoms with Gasteiger partial charge in [0.2, 0.25) is 0 Å². The van der Waals surface area contributed by atoms with Crippen molar-refractivity contribution in [2.45, 2.75) is 32.3 Å². The third-order valence-electron chi connectivity index (χ3n) is 3.83. The fraction of sp³-hybridized carbons (Fsp3) is 0.562. The van der Waals surface area contributed by atoms with Crippen LogP contribution >= 0.6 is 0 Å². The van der Waals surface area contributed by atoms with Crippen molar-refractivity contribution in [1.82, 2.24) is 10.2 Å². The molecule has 0 aromatic heterocycles.